The van der Waals surface area contributed by atoms with Crippen LogP contribution >= 0.6 is 0 Å². The number of amides is 1. The molecule has 0 aromatic carbocycles. The molecule has 102 valence electrons. The minimum atomic E-state index is -1.09. The van der Waals surface area contributed by atoms with Crippen molar-refractivity contribution in [1.82, 2.24) is 10.3 Å². The number of pyridine rings is 1. The summed E-state index contributed by atoms with van der Waals surface area (Å²) in [5.41, 5.74) is 0.320. The summed E-state index contributed by atoms with van der Waals surface area (Å²) < 4.78 is 0. The van der Waals surface area contributed by atoms with Gasteiger partial charge in [0.05, 0.1) is 5.56 Å². The fourth-order valence-electron chi connectivity index (χ4n) is 1.41. The maximum atomic E-state index is 11.9. The molecule has 0 fully saturated rings. The van der Waals surface area contributed by atoms with Crippen LogP contribution in [0.2, 0.25) is 0 Å². The lowest BCUT2D eigenvalue weighted by molar-refractivity contribution is -0.139. The second-order valence-corrected chi connectivity index (χ2v) is 4.19. The largest absolute Gasteiger partial charge is 0.480 e. The van der Waals surface area contributed by atoms with Crippen LogP contribution in [-0.4, -0.2) is 42.1 Å². The molecule has 6 heteroatoms. The highest BCUT2D eigenvalue weighted by atomic mass is 16.4. The highest BCUT2D eigenvalue weighted by Gasteiger charge is 2.19. The number of carboxylic acid groups (broad SMARTS) is 1. The average Bonchev–Trinajstić information content (AvgIpc) is 2.38. The Morgan fingerprint density at radius 2 is 2.21 bits per heavy atom. The Kier molecular flexibility index (Phi) is 5.05. The van der Waals surface area contributed by atoms with E-state index in [1.54, 1.807) is 17.0 Å². The SMILES string of the molecule is C=CCC(NC(=O)c1ccc(N(C)C)nc1)C(=O)O. The van der Waals surface area contributed by atoms with Gasteiger partial charge in [0.15, 0.2) is 0 Å². The maximum absolute atomic E-state index is 11.9. The number of carboxylic acids is 1. The van der Waals surface area contributed by atoms with Crippen LogP contribution < -0.4 is 10.2 Å². The summed E-state index contributed by atoms with van der Waals surface area (Å²) in [5.74, 6) is -0.837. The van der Waals surface area contributed by atoms with Crippen LogP contribution in [-0.2, 0) is 4.79 Å². The lowest BCUT2D eigenvalue weighted by Gasteiger charge is -2.14. The van der Waals surface area contributed by atoms with Gasteiger partial charge >= 0.3 is 5.97 Å². The standard InChI is InChI=1S/C13H17N3O3/c1-4-5-10(13(18)19)15-12(17)9-6-7-11(14-8-9)16(2)3/h4,6-8,10H,1,5H2,2-3H3,(H,15,17)(H,18,19). The van der Waals surface area contributed by atoms with E-state index in [4.69, 9.17) is 5.11 Å². The van der Waals surface area contributed by atoms with Crippen molar-refractivity contribution >= 4 is 17.7 Å². The molecular formula is C13H17N3O3. The van der Waals surface area contributed by atoms with E-state index >= 15 is 0 Å². The molecule has 2 N–H and O–H groups in total. The zero-order valence-corrected chi connectivity index (χ0v) is 11.0. The molecule has 1 unspecified atom stereocenters. The molecule has 6 nitrogen and oxygen atoms in total. The molecule has 1 atom stereocenters. The maximum Gasteiger partial charge on any atom is 0.326 e. The Morgan fingerprint density at radius 1 is 1.53 bits per heavy atom. The monoisotopic (exact) mass is 263 g/mol. The van der Waals surface area contributed by atoms with Crippen molar-refractivity contribution in [3.8, 4) is 0 Å². The van der Waals surface area contributed by atoms with Gasteiger partial charge in [0.25, 0.3) is 5.91 Å². The second kappa shape index (κ2) is 6.53. The van der Waals surface area contributed by atoms with E-state index in [0.29, 0.717) is 5.56 Å². The Labute approximate surface area is 111 Å². The quantitative estimate of drug-likeness (QED) is 0.745. The third kappa shape index (κ3) is 4.09. The number of nitrogens with one attached hydrogen (secondary N) is 1. The molecule has 1 aromatic heterocycles. The third-order valence-corrected chi connectivity index (χ3v) is 2.47. The molecule has 1 rings (SSSR count). The van der Waals surface area contributed by atoms with E-state index in [1.165, 1.54) is 12.3 Å². The van der Waals surface area contributed by atoms with Gasteiger partial charge in [-0.2, -0.15) is 0 Å². The molecule has 0 radical (unpaired) electrons. The summed E-state index contributed by atoms with van der Waals surface area (Å²) in [6, 6.07) is 2.32. The second-order valence-electron chi connectivity index (χ2n) is 4.19. The number of aliphatic carboxylic acids is 1. The Morgan fingerprint density at radius 3 is 2.63 bits per heavy atom. The van der Waals surface area contributed by atoms with Gasteiger partial charge in [0.1, 0.15) is 11.9 Å². The van der Waals surface area contributed by atoms with Crippen molar-refractivity contribution in [2.24, 2.45) is 0 Å². The molecule has 0 bridgehead atoms. The van der Waals surface area contributed by atoms with E-state index in [-0.39, 0.29) is 6.42 Å². The smallest absolute Gasteiger partial charge is 0.326 e. The van der Waals surface area contributed by atoms with Crippen molar-refractivity contribution in [2.75, 3.05) is 19.0 Å². The number of aromatic nitrogens is 1. The van der Waals surface area contributed by atoms with E-state index in [2.05, 4.69) is 16.9 Å². The zero-order chi connectivity index (χ0) is 14.4. The van der Waals surface area contributed by atoms with Crippen LogP contribution in [0.1, 0.15) is 16.8 Å². The van der Waals surface area contributed by atoms with Crippen LogP contribution in [0, 0.1) is 0 Å². The van der Waals surface area contributed by atoms with Gasteiger partial charge < -0.3 is 15.3 Å². The molecule has 0 spiro atoms. The van der Waals surface area contributed by atoms with Crippen LogP contribution in [0.4, 0.5) is 5.82 Å². The van der Waals surface area contributed by atoms with E-state index in [1.807, 2.05) is 14.1 Å². The molecule has 0 saturated heterocycles. The molecule has 1 amide bonds. The number of hydrogen-bond donors (Lipinski definition) is 2. The Bertz CT molecular complexity index is 469. The van der Waals surface area contributed by atoms with Crippen LogP contribution in [0.5, 0.6) is 0 Å². The highest BCUT2D eigenvalue weighted by molar-refractivity contribution is 5.96. The number of nitrogens with zero attached hydrogens (tertiary/aromatic N) is 2. The van der Waals surface area contributed by atoms with Gasteiger partial charge in [0, 0.05) is 20.3 Å². The third-order valence-electron chi connectivity index (χ3n) is 2.47. The molecule has 0 aliphatic rings. The molecule has 1 aromatic rings. The number of carbonyl (C=O) groups excluding carboxylic acids is 1. The predicted molar refractivity (Wildman–Crippen MR) is 72.3 cm³/mol. The fraction of sp³-hybridized carbons (Fsp3) is 0.308. The van der Waals surface area contributed by atoms with Gasteiger partial charge in [-0.05, 0) is 18.6 Å². The van der Waals surface area contributed by atoms with Gasteiger partial charge in [-0.15, -0.1) is 6.58 Å². The topological polar surface area (TPSA) is 82.5 Å². The molecular weight excluding hydrogens is 246 g/mol. The number of hydrogen-bond acceptors (Lipinski definition) is 4. The number of rotatable bonds is 6. The molecule has 0 saturated carbocycles. The van der Waals surface area contributed by atoms with Gasteiger partial charge in [-0.25, -0.2) is 9.78 Å². The molecule has 1 heterocycles. The van der Waals surface area contributed by atoms with Crippen molar-refractivity contribution in [2.45, 2.75) is 12.5 Å². The van der Waals surface area contributed by atoms with E-state index < -0.39 is 17.9 Å². The summed E-state index contributed by atoms with van der Waals surface area (Å²) in [5, 5.41) is 11.4. The number of carbonyl (C=O) groups is 2. The summed E-state index contributed by atoms with van der Waals surface area (Å²) in [6.45, 7) is 3.46. The van der Waals surface area contributed by atoms with Gasteiger partial charge in [0.2, 0.25) is 0 Å². The molecule has 19 heavy (non-hydrogen) atoms. The summed E-state index contributed by atoms with van der Waals surface area (Å²) in [7, 11) is 3.68. The van der Waals surface area contributed by atoms with E-state index in [9.17, 15) is 9.59 Å². The first kappa shape index (κ1) is 14.7. The van der Waals surface area contributed by atoms with Crippen LogP contribution in [0.25, 0.3) is 0 Å². The highest BCUT2D eigenvalue weighted by Crippen LogP contribution is 2.08. The van der Waals surface area contributed by atoms with Crippen LogP contribution in [0.15, 0.2) is 31.0 Å². The fourth-order valence-corrected chi connectivity index (χ4v) is 1.41. The van der Waals surface area contributed by atoms with Crippen molar-refractivity contribution in [3.63, 3.8) is 0 Å². The van der Waals surface area contributed by atoms with E-state index in [0.717, 1.165) is 5.82 Å². The van der Waals surface area contributed by atoms with Gasteiger partial charge in [-0.1, -0.05) is 6.08 Å². The minimum Gasteiger partial charge on any atom is -0.480 e. The van der Waals surface area contributed by atoms with Crippen LogP contribution in [0.3, 0.4) is 0 Å². The predicted octanol–water partition coefficient (Wildman–Crippen LogP) is 0.907. The first-order valence-corrected chi connectivity index (χ1v) is 5.73. The zero-order valence-electron chi connectivity index (χ0n) is 11.0. The van der Waals surface area contributed by atoms with Crippen molar-refractivity contribution in [3.05, 3.63) is 36.5 Å². The lowest BCUT2D eigenvalue weighted by Crippen LogP contribution is -2.40. The van der Waals surface area contributed by atoms with Crippen molar-refractivity contribution < 1.29 is 14.7 Å². The van der Waals surface area contributed by atoms with Crippen molar-refractivity contribution in [1.29, 1.82) is 0 Å². The summed E-state index contributed by atoms with van der Waals surface area (Å²) in [4.78, 5) is 28.7. The first-order valence-electron chi connectivity index (χ1n) is 5.73. The Balaban J connectivity index is 2.76. The molecule has 0 aliphatic carbocycles. The lowest BCUT2D eigenvalue weighted by atomic mass is 10.2. The summed E-state index contributed by atoms with van der Waals surface area (Å²) >= 11 is 0. The molecule has 0 aliphatic heterocycles. The normalized spacial score (nSPS) is 11.5. The Hall–Kier alpha value is -2.37. The number of anilines is 1. The first-order chi connectivity index (χ1) is 8.95. The summed E-state index contributed by atoms with van der Waals surface area (Å²) in [6.07, 6.45) is 3.04. The minimum absolute atomic E-state index is 0.171. The average molecular weight is 263 g/mol. The van der Waals surface area contributed by atoms with Gasteiger partial charge in [-0.3, -0.25) is 4.79 Å².